The summed E-state index contributed by atoms with van der Waals surface area (Å²) in [7, 11) is -4.10. The number of amides is 1. The van der Waals surface area contributed by atoms with Gasteiger partial charge in [0.2, 0.25) is 15.9 Å². The molecule has 2 rings (SSSR count). The van der Waals surface area contributed by atoms with Crippen molar-refractivity contribution in [1.29, 1.82) is 0 Å². The van der Waals surface area contributed by atoms with Crippen molar-refractivity contribution in [2.45, 2.75) is 37.1 Å². The van der Waals surface area contributed by atoms with Gasteiger partial charge in [-0.3, -0.25) is 9.59 Å². The zero-order valence-corrected chi connectivity index (χ0v) is 13.3. The molecule has 23 heavy (non-hydrogen) atoms. The van der Waals surface area contributed by atoms with E-state index in [1.165, 1.54) is 6.92 Å². The largest absolute Gasteiger partial charge is 0.480 e. The Kier molecular flexibility index (Phi) is 5.00. The molecule has 1 amide bonds. The van der Waals surface area contributed by atoms with Crippen molar-refractivity contribution in [3.05, 3.63) is 24.0 Å². The zero-order valence-electron chi connectivity index (χ0n) is 12.5. The Morgan fingerprint density at radius 2 is 2.04 bits per heavy atom. The van der Waals surface area contributed by atoms with E-state index < -0.39 is 33.8 Å². The van der Waals surface area contributed by atoms with Gasteiger partial charge < -0.3 is 10.4 Å². The first kappa shape index (κ1) is 17.4. The average Bonchev–Trinajstić information content (AvgIpc) is 2.48. The summed E-state index contributed by atoms with van der Waals surface area (Å²) in [4.78, 5) is 22.1. The number of nitrogens with zero attached hydrogens (tertiary/aromatic N) is 1. The van der Waals surface area contributed by atoms with Gasteiger partial charge in [-0.05, 0) is 37.5 Å². The van der Waals surface area contributed by atoms with Gasteiger partial charge in [-0.1, -0.05) is 0 Å². The van der Waals surface area contributed by atoms with Crippen LogP contribution < -0.4 is 5.32 Å². The third kappa shape index (κ3) is 3.67. The van der Waals surface area contributed by atoms with Crippen molar-refractivity contribution in [3.63, 3.8) is 0 Å². The summed E-state index contributed by atoms with van der Waals surface area (Å²) in [5, 5.41) is 11.4. The molecule has 1 saturated heterocycles. The molecule has 1 aliphatic rings. The minimum Gasteiger partial charge on any atom is -0.480 e. The van der Waals surface area contributed by atoms with E-state index in [4.69, 9.17) is 0 Å². The van der Waals surface area contributed by atoms with Gasteiger partial charge >= 0.3 is 5.97 Å². The lowest BCUT2D eigenvalue weighted by molar-refractivity contribution is -0.142. The summed E-state index contributed by atoms with van der Waals surface area (Å²) in [6.45, 7) is 1.26. The van der Waals surface area contributed by atoms with Gasteiger partial charge in [0.05, 0.1) is 10.6 Å². The van der Waals surface area contributed by atoms with E-state index in [1.807, 2.05) is 0 Å². The van der Waals surface area contributed by atoms with E-state index in [9.17, 15) is 27.5 Å². The molecule has 0 radical (unpaired) electrons. The fourth-order valence-electron chi connectivity index (χ4n) is 2.53. The highest BCUT2D eigenvalue weighted by atomic mass is 32.2. The van der Waals surface area contributed by atoms with Crippen LogP contribution in [-0.4, -0.2) is 42.3 Å². The van der Waals surface area contributed by atoms with Crippen molar-refractivity contribution in [3.8, 4) is 0 Å². The van der Waals surface area contributed by atoms with Crippen molar-refractivity contribution in [2.75, 3.05) is 11.9 Å². The second kappa shape index (κ2) is 6.63. The maximum absolute atomic E-state index is 13.6. The molecule has 0 bridgehead atoms. The molecule has 0 aromatic heterocycles. The van der Waals surface area contributed by atoms with E-state index >= 15 is 0 Å². The number of carboxylic acids is 1. The zero-order chi connectivity index (χ0) is 17.2. The van der Waals surface area contributed by atoms with Crippen LogP contribution in [0.1, 0.15) is 26.2 Å². The number of hydrogen-bond donors (Lipinski definition) is 2. The van der Waals surface area contributed by atoms with Crippen LogP contribution in [0.2, 0.25) is 0 Å². The van der Waals surface area contributed by atoms with Crippen molar-refractivity contribution in [1.82, 2.24) is 4.31 Å². The Morgan fingerprint density at radius 1 is 1.35 bits per heavy atom. The first-order valence-corrected chi connectivity index (χ1v) is 8.49. The van der Waals surface area contributed by atoms with Gasteiger partial charge in [-0.25, -0.2) is 12.8 Å². The number of aliphatic carboxylic acids is 1. The minimum absolute atomic E-state index is 0.0894. The quantitative estimate of drug-likeness (QED) is 0.859. The lowest BCUT2D eigenvalue weighted by atomic mass is 10.1. The van der Waals surface area contributed by atoms with Crippen LogP contribution in [0.25, 0.3) is 0 Å². The SMILES string of the molecule is CC(=O)Nc1cc(S(=O)(=O)N2CCCCC2C(=O)O)ccc1F. The van der Waals surface area contributed by atoms with Crippen LogP contribution in [0, 0.1) is 5.82 Å². The fourth-order valence-corrected chi connectivity index (χ4v) is 4.20. The van der Waals surface area contributed by atoms with Crippen LogP contribution in [0.4, 0.5) is 10.1 Å². The number of carbonyl (C=O) groups is 2. The number of anilines is 1. The summed E-state index contributed by atoms with van der Waals surface area (Å²) in [5.41, 5.74) is -0.262. The van der Waals surface area contributed by atoms with Gasteiger partial charge in [-0.15, -0.1) is 0 Å². The van der Waals surface area contributed by atoms with Crippen LogP contribution in [0.5, 0.6) is 0 Å². The number of carbonyl (C=O) groups excluding carboxylic acids is 1. The smallest absolute Gasteiger partial charge is 0.322 e. The normalized spacial score (nSPS) is 19.3. The molecule has 1 fully saturated rings. The molecule has 1 aliphatic heterocycles. The molecular weight excluding hydrogens is 327 g/mol. The van der Waals surface area contributed by atoms with Crippen LogP contribution >= 0.6 is 0 Å². The van der Waals surface area contributed by atoms with E-state index in [1.54, 1.807) is 0 Å². The van der Waals surface area contributed by atoms with E-state index in [0.717, 1.165) is 22.5 Å². The number of rotatable bonds is 4. The van der Waals surface area contributed by atoms with Gasteiger partial charge in [0, 0.05) is 13.5 Å². The third-order valence-corrected chi connectivity index (χ3v) is 5.50. The highest BCUT2D eigenvalue weighted by Gasteiger charge is 2.37. The predicted molar refractivity (Wildman–Crippen MR) is 79.9 cm³/mol. The fraction of sp³-hybridized carbons (Fsp3) is 0.429. The van der Waals surface area contributed by atoms with Crippen LogP contribution in [0.3, 0.4) is 0 Å². The van der Waals surface area contributed by atoms with Crippen LogP contribution in [0.15, 0.2) is 23.1 Å². The number of sulfonamides is 1. The first-order chi connectivity index (χ1) is 10.7. The number of carboxylic acid groups (broad SMARTS) is 1. The summed E-state index contributed by atoms with van der Waals surface area (Å²) in [5.74, 6) is -2.52. The molecule has 0 aliphatic carbocycles. The number of piperidine rings is 1. The Bertz CT molecular complexity index is 735. The predicted octanol–water partition coefficient (Wildman–Crippen LogP) is 1.41. The maximum atomic E-state index is 13.6. The highest BCUT2D eigenvalue weighted by molar-refractivity contribution is 7.89. The lowest BCUT2D eigenvalue weighted by Crippen LogP contribution is -2.47. The Labute approximate surface area is 133 Å². The Hall–Kier alpha value is -2.00. The molecule has 126 valence electrons. The van der Waals surface area contributed by atoms with Crippen molar-refractivity contribution < 1.29 is 27.5 Å². The van der Waals surface area contributed by atoms with Gasteiger partial charge in [0.15, 0.2) is 0 Å². The molecule has 1 heterocycles. The van der Waals surface area contributed by atoms with Gasteiger partial charge in [-0.2, -0.15) is 4.31 Å². The number of benzene rings is 1. The molecule has 1 aromatic rings. The topological polar surface area (TPSA) is 104 Å². The van der Waals surface area contributed by atoms with Crippen molar-refractivity contribution >= 4 is 27.6 Å². The van der Waals surface area contributed by atoms with Crippen molar-refractivity contribution in [2.24, 2.45) is 0 Å². The standard InChI is InChI=1S/C14H17FN2O5S/c1-9(18)16-12-8-10(5-6-11(12)15)23(21,22)17-7-3-2-4-13(17)14(19)20/h5-6,8,13H,2-4,7H2,1H3,(H,16,18)(H,19,20). The molecule has 1 unspecified atom stereocenters. The minimum atomic E-state index is -4.10. The Morgan fingerprint density at radius 3 is 2.65 bits per heavy atom. The summed E-state index contributed by atoms with van der Waals surface area (Å²) >= 11 is 0. The number of nitrogens with one attached hydrogen (secondary N) is 1. The summed E-state index contributed by atoms with van der Waals surface area (Å²) in [6.07, 6.45) is 1.42. The van der Waals surface area contributed by atoms with Crippen LogP contribution in [-0.2, 0) is 19.6 Å². The molecule has 1 atom stereocenters. The second-order valence-corrected chi connectivity index (χ2v) is 7.18. The van der Waals surface area contributed by atoms with Gasteiger partial charge in [0.1, 0.15) is 11.9 Å². The Balaban J connectivity index is 2.42. The molecule has 1 aromatic carbocycles. The molecular formula is C14H17FN2O5S. The molecule has 2 N–H and O–H groups in total. The third-order valence-electron chi connectivity index (χ3n) is 3.59. The highest BCUT2D eigenvalue weighted by Crippen LogP contribution is 2.28. The molecule has 0 saturated carbocycles. The summed E-state index contributed by atoms with van der Waals surface area (Å²) < 4.78 is 39.9. The number of hydrogen-bond acceptors (Lipinski definition) is 4. The molecule has 7 nitrogen and oxygen atoms in total. The average molecular weight is 344 g/mol. The number of halogens is 1. The first-order valence-electron chi connectivity index (χ1n) is 7.05. The second-order valence-electron chi connectivity index (χ2n) is 5.29. The maximum Gasteiger partial charge on any atom is 0.322 e. The molecule has 9 heteroatoms. The summed E-state index contributed by atoms with van der Waals surface area (Å²) in [6, 6.07) is 1.85. The monoisotopic (exact) mass is 344 g/mol. The van der Waals surface area contributed by atoms with E-state index in [2.05, 4.69) is 5.32 Å². The van der Waals surface area contributed by atoms with E-state index in [-0.39, 0.29) is 23.5 Å². The van der Waals surface area contributed by atoms with E-state index in [0.29, 0.717) is 12.8 Å². The lowest BCUT2D eigenvalue weighted by Gasteiger charge is -2.31. The van der Waals surface area contributed by atoms with Gasteiger partial charge in [0.25, 0.3) is 0 Å². The molecule has 0 spiro atoms.